The van der Waals surface area contributed by atoms with Crippen molar-refractivity contribution in [2.45, 2.75) is 34.1 Å². The van der Waals surface area contributed by atoms with E-state index in [0.29, 0.717) is 13.1 Å². The predicted octanol–water partition coefficient (Wildman–Crippen LogP) is 0.952. The summed E-state index contributed by atoms with van der Waals surface area (Å²) in [5.74, 6) is 0.174. The number of nitrogens with one attached hydrogen (secondary N) is 2. The molecule has 0 amide bonds. The minimum atomic E-state index is -3.12. The first-order valence-corrected chi connectivity index (χ1v) is 7.10. The first kappa shape index (κ1) is 14.9. The second-order valence-electron chi connectivity index (χ2n) is 4.96. The van der Waals surface area contributed by atoms with Crippen molar-refractivity contribution in [3.05, 3.63) is 0 Å². The van der Waals surface area contributed by atoms with E-state index in [2.05, 4.69) is 17.0 Å². The fourth-order valence-electron chi connectivity index (χ4n) is 1.22. The Morgan fingerprint density at radius 3 is 2.13 bits per heavy atom. The highest BCUT2D eigenvalue weighted by Gasteiger charge is 2.20. The first-order valence-electron chi connectivity index (χ1n) is 5.45. The molecule has 0 unspecified atom stereocenters. The van der Waals surface area contributed by atoms with Gasteiger partial charge in [-0.15, -0.1) is 0 Å². The molecule has 92 valence electrons. The van der Waals surface area contributed by atoms with E-state index in [9.17, 15) is 8.42 Å². The van der Waals surface area contributed by atoms with Gasteiger partial charge in [-0.2, -0.15) is 0 Å². The highest BCUT2D eigenvalue weighted by Crippen LogP contribution is 2.14. The summed E-state index contributed by atoms with van der Waals surface area (Å²) in [6.07, 6.45) is 1.06. The molecule has 0 atom stereocenters. The zero-order valence-electron chi connectivity index (χ0n) is 10.3. The summed E-state index contributed by atoms with van der Waals surface area (Å²) in [4.78, 5) is 0. The van der Waals surface area contributed by atoms with E-state index in [1.165, 1.54) is 0 Å². The van der Waals surface area contributed by atoms with Crippen LogP contribution in [-0.2, 0) is 10.0 Å². The Kier molecular flexibility index (Phi) is 6.40. The predicted molar refractivity (Wildman–Crippen MR) is 64.4 cm³/mol. The Morgan fingerprint density at radius 2 is 1.67 bits per heavy atom. The van der Waals surface area contributed by atoms with Crippen LogP contribution in [0, 0.1) is 5.41 Å². The zero-order chi connectivity index (χ0) is 11.9. The number of hydrogen-bond acceptors (Lipinski definition) is 3. The van der Waals surface area contributed by atoms with Crippen molar-refractivity contribution >= 4 is 10.0 Å². The molecule has 0 aromatic heterocycles. The summed E-state index contributed by atoms with van der Waals surface area (Å²) < 4.78 is 25.7. The molecule has 0 aromatic rings. The van der Waals surface area contributed by atoms with Crippen LogP contribution < -0.4 is 10.0 Å². The van der Waals surface area contributed by atoms with Gasteiger partial charge in [0.1, 0.15) is 0 Å². The number of sulfonamides is 1. The van der Waals surface area contributed by atoms with Gasteiger partial charge in [-0.25, -0.2) is 13.1 Å². The van der Waals surface area contributed by atoms with Gasteiger partial charge in [0.2, 0.25) is 10.0 Å². The van der Waals surface area contributed by atoms with Crippen LogP contribution in [-0.4, -0.2) is 33.8 Å². The lowest BCUT2D eigenvalue weighted by atomic mass is 10.0. The molecule has 5 heteroatoms. The number of hydrogen-bond donors (Lipinski definition) is 2. The smallest absolute Gasteiger partial charge is 0.212 e. The molecule has 0 aliphatic rings. The third kappa shape index (κ3) is 10.2. The summed E-state index contributed by atoms with van der Waals surface area (Å²) in [6, 6.07) is 0. The molecule has 0 spiro atoms. The van der Waals surface area contributed by atoms with Crippen LogP contribution >= 0.6 is 0 Å². The monoisotopic (exact) mass is 236 g/mol. The minimum Gasteiger partial charge on any atom is -0.315 e. The van der Waals surface area contributed by atoms with Crippen molar-refractivity contribution in [1.29, 1.82) is 0 Å². The van der Waals surface area contributed by atoms with Crippen molar-refractivity contribution in [3.63, 3.8) is 0 Å². The van der Waals surface area contributed by atoms with E-state index in [1.807, 2.05) is 20.8 Å². The quantitative estimate of drug-likeness (QED) is 0.647. The molecule has 0 bridgehead atoms. The molecule has 0 saturated carbocycles. The van der Waals surface area contributed by atoms with Crippen molar-refractivity contribution in [2.75, 3.05) is 25.4 Å². The van der Waals surface area contributed by atoms with Gasteiger partial charge in [0.25, 0.3) is 0 Å². The molecule has 0 aliphatic carbocycles. The van der Waals surface area contributed by atoms with Crippen LogP contribution in [0.1, 0.15) is 34.1 Å². The average molecular weight is 236 g/mol. The summed E-state index contributed by atoms with van der Waals surface area (Å²) in [5.41, 5.74) is -0.192. The second kappa shape index (κ2) is 6.45. The topological polar surface area (TPSA) is 58.2 Å². The van der Waals surface area contributed by atoms with Gasteiger partial charge in [-0.1, -0.05) is 27.7 Å². The van der Waals surface area contributed by atoms with Crippen molar-refractivity contribution in [2.24, 2.45) is 5.41 Å². The Morgan fingerprint density at radius 1 is 1.07 bits per heavy atom. The molecular weight excluding hydrogens is 212 g/mol. The summed E-state index contributed by atoms with van der Waals surface area (Å²) >= 11 is 0. The maximum absolute atomic E-state index is 11.5. The van der Waals surface area contributed by atoms with E-state index in [1.54, 1.807) is 0 Å². The Hall–Kier alpha value is -0.130. The maximum Gasteiger partial charge on any atom is 0.212 e. The van der Waals surface area contributed by atoms with Crippen LogP contribution in [0.15, 0.2) is 0 Å². The molecule has 0 rings (SSSR count). The fourth-order valence-corrected chi connectivity index (χ4v) is 2.87. The third-order valence-electron chi connectivity index (χ3n) is 1.67. The molecule has 2 N–H and O–H groups in total. The minimum absolute atomic E-state index is 0.174. The average Bonchev–Trinajstić information content (AvgIpc) is 1.99. The van der Waals surface area contributed by atoms with Crippen LogP contribution in [0.2, 0.25) is 0 Å². The Bertz CT molecular complexity index is 255. The zero-order valence-corrected chi connectivity index (χ0v) is 11.1. The van der Waals surface area contributed by atoms with Gasteiger partial charge in [0.15, 0.2) is 0 Å². The first-order chi connectivity index (χ1) is 6.77. The lowest BCUT2D eigenvalue weighted by molar-refractivity contribution is 0.457. The van der Waals surface area contributed by atoms with E-state index in [0.717, 1.165) is 13.0 Å². The van der Waals surface area contributed by atoms with Crippen molar-refractivity contribution < 1.29 is 8.42 Å². The summed E-state index contributed by atoms with van der Waals surface area (Å²) in [5, 5.41) is 3.14. The van der Waals surface area contributed by atoms with E-state index >= 15 is 0 Å². The molecule has 15 heavy (non-hydrogen) atoms. The van der Waals surface area contributed by atoms with Gasteiger partial charge < -0.3 is 5.32 Å². The number of rotatable bonds is 7. The normalized spacial score (nSPS) is 13.1. The molecular formula is C10H24N2O2S. The van der Waals surface area contributed by atoms with Gasteiger partial charge in [0.05, 0.1) is 5.75 Å². The SMILES string of the molecule is CCCNCCNS(=O)(=O)CC(C)(C)C. The van der Waals surface area contributed by atoms with E-state index in [-0.39, 0.29) is 11.2 Å². The van der Waals surface area contributed by atoms with E-state index in [4.69, 9.17) is 0 Å². The van der Waals surface area contributed by atoms with Crippen molar-refractivity contribution in [1.82, 2.24) is 10.0 Å². The van der Waals surface area contributed by atoms with Gasteiger partial charge >= 0.3 is 0 Å². The molecule has 0 radical (unpaired) electrons. The van der Waals surface area contributed by atoms with E-state index < -0.39 is 10.0 Å². The Labute approximate surface area is 93.9 Å². The van der Waals surface area contributed by atoms with Crippen LogP contribution in [0.25, 0.3) is 0 Å². The largest absolute Gasteiger partial charge is 0.315 e. The molecule has 0 saturated heterocycles. The molecule has 4 nitrogen and oxygen atoms in total. The van der Waals surface area contributed by atoms with Crippen LogP contribution in [0.4, 0.5) is 0 Å². The second-order valence-corrected chi connectivity index (χ2v) is 6.77. The Balaban J connectivity index is 3.76. The highest BCUT2D eigenvalue weighted by molar-refractivity contribution is 7.89. The molecule has 0 aliphatic heterocycles. The lowest BCUT2D eigenvalue weighted by Gasteiger charge is -2.18. The fraction of sp³-hybridized carbons (Fsp3) is 1.00. The molecule has 0 fully saturated rings. The van der Waals surface area contributed by atoms with Crippen LogP contribution in [0.3, 0.4) is 0 Å². The lowest BCUT2D eigenvalue weighted by Crippen LogP contribution is -2.36. The van der Waals surface area contributed by atoms with Gasteiger partial charge in [0, 0.05) is 13.1 Å². The molecule has 0 aromatic carbocycles. The summed E-state index contributed by atoms with van der Waals surface area (Å²) in [6.45, 7) is 9.93. The standard InChI is InChI=1S/C10H24N2O2S/c1-5-6-11-7-8-12-15(13,14)9-10(2,3)4/h11-12H,5-9H2,1-4H3. The summed E-state index contributed by atoms with van der Waals surface area (Å²) in [7, 11) is -3.12. The van der Waals surface area contributed by atoms with Gasteiger partial charge in [-0.05, 0) is 18.4 Å². The third-order valence-corrected chi connectivity index (χ3v) is 3.56. The van der Waals surface area contributed by atoms with Crippen molar-refractivity contribution in [3.8, 4) is 0 Å². The van der Waals surface area contributed by atoms with Crippen LogP contribution in [0.5, 0.6) is 0 Å². The van der Waals surface area contributed by atoms with Gasteiger partial charge in [-0.3, -0.25) is 0 Å². The highest BCUT2D eigenvalue weighted by atomic mass is 32.2. The molecule has 0 heterocycles. The maximum atomic E-state index is 11.5.